The molecule has 2 aliphatic carbocycles. The van der Waals surface area contributed by atoms with E-state index in [2.05, 4.69) is 0 Å². The molecule has 0 saturated carbocycles. The fraction of sp³-hybridized carbons (Fsp3) is 0.294. The molecule has 0 aromatic heterocycles. The van der Waals surface area contributed by atoms with Crippen molar-refractivity contribution in [3.05, 3.63) is 70.8 Å². The number of fused-ring (bicyclic) bond motifs is 4. The molecule has 0 heterocycles. The lowest BCUT2D eigenvalue weighted by Crippen LogP contribution is -2.67. The van der Waals surface area contributed by atoms with Crippen LogP contribution in [0.15, 0.2) is 48.5 Å². The number of hydrogen-bond acceptors (Lipinski definition) is 4. The molecule has 1 spiro atoms. The van der Waals surface area contributed by atoms with Crippen molar-refractivity contribution >= 4 is 0 Å². The number of benzene rings is 2. The smallest absolute Gasteiger partial charge is 0.213 e. The molecule has 2 aliphatic rings. The maximum atomic E-state index is 10.9. The average molecular weight is 282 g/mol. The van der Waals surface area contributed by atoms with Crippen molar-refractivity contribution in [3.63, 3.8) is 0 Å². The third kappa shape index (κ3) is 1.25. The Hall–Kier alpha value is -1.72. The molecule has 1 unspecified atom stereocenters. The molecule has 0 bridgehead atoms. The molecule has 108 valence electrons. The van der Waals surface area contributed by atoms with Gasteiger partial charge in [0.1, 0.15) is 5.66 Å². The molecule has 6 N–H and O–H groups in total. The van der Waals surface area contributed by atoms with Crippen molar-refractivity contribution in [2.24, 2.45) is 11.5 Å². The summed E-state index contributed by atoms with van der Waals surface area (Å²) in [6, 6.07) is 15.2. The third-order valence-corrected chi connectivity index (χ3v) is 5.25. The first kappa shape index (κ1) is 13.0. The second kappa shape index (κ2) is 3.72. The molecule has 4 nitrogen and oxygen atoms in total. The molecule has 4 rings (SSSR count). The van der Waals surface area contributed by atoms with Gasteiger partial charge in [0.05, 0.1) is 5.41 Å². The summed E-state index contributed by atoms with van der Waals surface area (Å²) in [7, 11) is 0. The predicted molar refractivity (Wildman–Crippen MR) is 79.2 cm³/mol. The van der Waals surface area contributed by atoms with Crippen molar-refractivity contribution in [2.45, 2.75) is 29.7 Å². The SMILES string of the molecule is NC1(N)c2ccccc2C2(CCc3ccccc32)C1(O)O. The van der Waals surface area contributed by atoms with E-state index in [9.17, 15) is 10.2 Å². The summed E-state index contributed by atoms with van der Waals surface area (Å²) in [5.74, 6) is -2.23. The summed E-state index contributed by atoms with van der Waals surface area (Å²) >= 11 is 0. The molecule has 0 aliphatic heterocycles. The lowest BCUT2D eigenvalue weighted by atomic mass is 9.72. The zero-order chi connectivity index (χ0) is 14.9. The first-order chi connectivity index (χ1) is 9.93. The van der Waals surface area contributed by atoms with E-state index in [0.717, 1.165) is 23.1 Å². The van der Waals surface area contributed by atoms with Gasteiger partial charge in [0.25, 0.3) is 0 Å². The van der Waals surface area contributed by atoms with Gasteiger partial charge in [-0.25, -0.2) is 0 Å². The van der Waals surface area contributed by atoms with Crippen molar-refractivity contribution in [1.29, 1.82) is 0 Å². The van der Waals surface area contributed by atoms with Crippen LogP contribution in [0, 0.1) is 0 Å². The van der Waals surface area contributed by atoms with Gasteiger partial charge < -0.3 is 21.7 Å². The van der Waals surface area contributed by atoms with Crippen LogP contribution in [0.4, 0.5) is 0 Å². The average Bonchev–Trinajstić information content (AvgIpc) is 2.92. The van der Waals surface area contributed by atoms with Gasteiger partial charge in [-0.3, -0.25) is 0 Å². The van der Waals surface area contributed by atoms with Crippen molar-refractivity contribution in [1.82, 2.24) is 0 Å². The van der Waals surface area contributed by atoms with Crippen LogP contribution in [0.3, 0.4) is 0 Å². The van der Waals surface area contributed by atoms with E-state index in [-0.39, 0.29) is 0 Å². The van der Waals surface area contributed by atoms with Gasteiger partial charge in [0.2, 0.25) is 5.79 Å². The number of rotatable bonds is 0. The standard InChI is InChI=1S/C17H18N2O2/c18-16(19)14-8-4-3-7-13(14)15(17(16,20)21)10-9-11-5-1-2-6-12(11)15/h1-8,20-21H,9-10,18-19H2. The first-order valence-corrected chi connectivity index (χ1v) is 7.14. The number of aryl methyl sites for hydroxylation is 1. The first-order valence-electron chi connectivity index (χ1n) is 7.14. The summed E-state index contributed by atoms with van der Waals surface area (Å²) < 4.78 is 0. The van der Waals surface area contributed by atoms with Crippen LogP contribution < -0.4 is 11.5 Å². The number of aliphatic hydroxyl groups is 2. The van der Waals surface area contributed by atoms with Gasteiger partial charge in [-0.05, 0) is 35.1 Å². The molecule has 0 fully saturated rings. The topological polar surface area (TPSA) is 92.5 Å². The highest BCUT2D eigenvalue weighted by atomic mass is 16.5. The normalized spacial score (nSPS) is 27.6. The van der Waals surface area contributed by atoms with Crippen molar-refractivity contribution in [3.8, 4) is 0 Å². The molecule has 0 amide bonds. The Kier molecular flexibility index (Phi) is 2.30. The van der Waals surface area contributed by atoms with Crippen LogP contribution in [0.5, 0.6) is 0 Å². The Labute approximate surface area is 123 Å². The fourth-order valence-corrected chi connectivity index (χ4v) is 4.20. The van der Waals surface area contributed by atoms with Crippen LogP contribution in [-0.2, 0) is 17.5 Å². The van der Waals surface area contributed by atoms with E-state index in [1.807, 2.05) is 42.5 Å². The molecule has 2 aromatic carbocycles. The van der Waals surface area contributed by atoms with Gasteiger partial charge in [0.15, 0.2) is 0 Å². The molecular formula is C17H18N2O2. The summed E-state index contributed by atoms with van der Waals surface area (Å²) in [5.41, 5.74) is 13.1. The van der Waals surface area contributed by atoms with E-state index in [4.69, 9.17) is 11.5 Å². The van der Waals surface area contributed by atoms with E-state index >= 15 is 0 Å². The van der Waals surface area contributed by atoms with Crippen LogP contribution in [0.1, 0.15) is 28.7 Å². The zero-order valence-corrected chi connectivity index (χ0v) is 11.6. The van der Waals surface area contributed by atoms with Gasteiger partial charge >= 0.3 is 0 Å². The molecule has 0 radical (unpaired) electrons. The lowest BCUT2D eigenvalue weighted by molar-refractivity contribution is -0.239. The van der Waals surface area contributed by atoms with Crippen molar-refractivity contribution in [2.75, 3.05) is 0 Å². The second-order valence-electron chi connectivity index (χ2n) is 6.15. The van der Waals surface area contributed by atoms with Crippen LogP contribution in [0.25, 0.3) is 0 Å². The minimum Gasteiger partial charge on any atom is -0.362 e. The van der Waals surface area contributed by atoms with Gasteiger partial charge in [-0.1, -0.05) is 48.5 Å². The van der Waals surface area contributed by atoms with Gasteiger partial charge in [-0.2, -0.15) is 0 Å². The lowest BCUT2D eigenvalue weighted by Gasteiger charge is -2.42. The molecule has 2 aromatic rings. The van der Waals surface area contributed by atoms with Gasteiger partial charge in [0, 0.05) is 0 Å². The van der Waals surface area contributed by atoms with E-state index in [0.29, 0.717) is 12.0 Å². The Morgan fingerprint density at radius 1 is 0.810 bits per heavy atom. The Bertz CT molecular complexity index is 739. The van der Waals surface area contributed by atoms with Gasteiger partial charge in [-0.15, -0.1) is 0 Å². The Balaban J connectivity index is 2.11. The number of hydrogen-bond donors (Lipinski definition) is 4. The van der Waals surface area contributed by atoms with E-state index in [1.54, 1.807) is 6.07 Å². The zero-order valence-electron chi connectivity index (χ0n) is 11.6. The summed E-state index contributed by atoms with van der Waals surface area (Å²) in [6.07, 6.45) is 1.37. The minimum absolute atomic E-state index is 0.590. The predicted octanol–water partition coefficient (Wildman–Crippen LogP) is 0.684. The van der Waals surface area contributed by atoms with E-state index in [1.165, 1.54) is 0 Å². The molecular weight excluding hydrogens is 264 g/mol. The monoisotopic (exact) mass is 282 g/mol. The highest BCUT2D eigenvalue weighted by molar-refractivity contribution is 5.59. The minimum atomic E-state index is -2.23. The summed E-state index contributed by atoms with van der Waals surface area (Å²) in [6.45, 7) is 0. The van der Waals surface area contributed by atoms with Crippen LogP contribution in [0.2, 0.25) is 0 Å². The maximum absolute atomic E-state index is 10.9. The molecule has 0 saturated heterocycles. The Morgan fingerprint density at radius 2 is 1.38 bits per heavy atom. The Morgan fingerprint density at radius 3 is 2.10 bits per heavy atom. The highest BCUT2D eigenvalue weighted by Crippen LogP contribution is 2.59. The molecule has 1 atom stereocenters. The van der Waals surface area contributed by atoms with Crippen LogP contribution >= 0.6 is 0 Å². The van der Waals surface area contributed by atoms with Crippen molar-refractivity contribution < 1.29 is 10.2 Å². The molecule has 4 heteroatoms. The van der Waals surface area contributed by atoms with Crippen LogP contribution in [-0.4, -0.2) is 16.0 Å². The summed E-state index contributed by atoms with van der Waals surface area (Å²) in [4.78, 5) is 0. The quantitative estimate of drug-likeness (QED) is 0.535. The highest BCUT2D eigenvalue weighted by Gasteiger charge is 2.69. The fourth-order valence-electron chi connectivity index (χ4n) is 4.20. The largest absolute Gasteiger partial charge is 0.362 e. The van der Waals surface area contributed by atoms with E-state index < -0.39 is 16.9 Å². The molecule has 21 heavy (non-hydrogen) atoms. The maximum Gasteiger partial charge on any atom is 0.213 e. The number of nitrogens with two attached hydrogens (primary N) is 2. The third-order valence-electron chi connectivity index (χ3n) is 5.25. The second-order valence-corrected chi connectivity index (χ2v) is 6.15. The summed E-state index contributed by atoms with van der Waals surface area (Å²) in [5, 5.41) is 21.9.